The van der Waals surface area contributed by atoms with Gasteiger partial charge in [-0.3, -0.25) is 9.69 Å². The summed E-state index contributed by atoms with van der Waals surface area (Å²) in [7, 11) is 1.52. The Kier molecular flexibility index (Phi) is 6.75. The van der Waals surface area contributed by atoms with Crippen LogP contribution in [0.25, 0.3) is 0 Å². The maximum absolute atomic E-state index is 13.1. The topological polar surface area (TPSA) is 59.0 Å². The summed E-state index contributed by atoms with van der Waals surface area (Å²) in [5, 5.41) is 9.10. The van der Waals surface area contributed by atoms with E-state index >= 15 is 0 Å². The molecule has 2 atom stereocenters. The van der Waals surface area contributed by atoms with Gasteiger partial charge < -0.3 is 14.6 Å². The van der Waals surface area contributed by atoms with E-state index < -0.39 is 24.0 Å². The number of rotatable bonds is 8. The molecule has 0 aliphatic carbocycles. The number of carboxylic acid groups (broad SMARTS) is 1. The Bertz CT molecular complexity index is 621. The molecule has 0 aromatic heterocycles. The van der Waals surface area contributed by atoms with Crippen LogP contribution in [-0.4, -0.2) is 49.0 Å². The number of halogens is 3. The van der Waals surface area contributed by atoms with E-state index in [-0.39, 0.29) is 19.6 Å². The van der Waals surface area contributed by atoms with Crippen LogP contribution < -0.4 is 9.47 Å². The Labute approximate surface area is 150 Å². The molecule has 0 spiro atoms. The minimum Gasteiger partial charge on any atom is -0.493 e. The standard InChI is InChI=1S/C18H24F3NO4/c1-3-4-7-26-16-8-12(5-6-15(16)25-2)9-22-10-13(17(23)24)14(11-22)18(19,20)21/h5-6,8,13-14H,3-4,7,9-11H2,1-2H3,(H,23,24)/t13-,14-/m1/s1. The number of nitrogens with zero attached hydrogens (tertiary/aromatic N) is 1. The second-order valence-electron chi connectivity index (χ2n) is 6.47. The number of hydrogen-bond acceptors (Lipinski definition) is 4. The minimum atomic E-state index is -4.52. The van der Waals surface area contributed by atoms with Crippen LogP contribution in [0.15, 0.2) is 18.2 Å². The van der Waals surface area contributed by atoms with Crippen LogP contribution in [0.3, 0.4) is 0 Å². The van der Waals surface area contributed by atoms with E-state index in [1.807, 2.05) is 6.92 Å². The molecule has 146 valence electrons. The smallest absolute Gasteiger partial charge is 0.393 e. The van der Waals surface area contributed by atoms with Crippen LogP contribution in [0.4, 0.5) is 13.2 Å². The molecule has 1 saturated heterocycles. The number of alkyl halides is 3. The molecule has 0 amide bonds. The Balaban J connectivity index is 2.10. The maximum Gasteiger partial charge on any atom is 0.393 e. The maximum atomic E-state index is 13.1. The lowest BCUT2D eigenvalue weighted by molar-refractivity contribution is -0.188. The third kappa shape index (κ3) is 5.03. The van der Waals surface area contributed by atoms with Crippen LogP contribution >= 0.6 is 0 Å². The number of aliphatic carboxylic acids is 1. The highest BCUT2D eigenvalue weighted by Gasteiger charge is 2.52. The number of hydrogen-bond donors (Lipinski definition) is 1. The van der Waals surface area contributed by atoms with Crippen molar-refractivity contribution in [3.63, 3.8) is 0 Å². The molecule has 0 radical (unpaired) electrons. The van der Waals surface area contributed by atoms with Gasteiger partial charge in [0.05, 0.1) is 25.6 Å². The predicted octanol–water partition coefficient (Wildman–Crippen LogP) is 3.57. The van der Waals surface area contributed by atoms with Crippen molar-refractivity contribution in [2.45, 2.75) is 32.5 Å². The summed E-state index contributed by atoms with van der Waals surface area (Å²) in [6, 6.07) is 5.20. The number of likely N-dealkylation sites (tertiary alicyclic amines) is 1. The third-order valence-corrected chi connectivity index (χ3v) is 4.52. The van der Waals surface area contributed by atoms with Gasteiger partial charge in [-0.15, -0.1) is 0 Å². The van der Waals surface area contributed by atoms with Gasteiger partial charge in [-0.2, -0.15) is 13.2 Å². The van der Waals surface area contributed by atoms with Crippen molar-refractivity contribution in [1.29, 1.82) is 0 Å². The summed E-state index contributed by atoms with van der Waals surface area (Å²) in [5.74, 6) is -3.59. The molecule has 8 heteroatoms. The number of benzene rings is 1. The highest BCUT2D eigenvalue weighted by atomic mass is 19.4. The van der Waals surface area contributed by atoms with Gasteiger partial charge in [0.15, 0.2) is 11.5 Å². The number of carbonyl (C=O) groups is 1. The lowest BCUT2D eigenvalue weighted by atomic mass is 9.96. The summed E-state index contributed by atoms with van der Waals surface area (Å²) in [6.45, 7) is 2.35. The molecule has 5 nitrogen and oxygen atoms in total. The van der Waals surface area contributed by atoms with Gasteiger partial charge in [0.1, 0.15) is 0 Å². The van der Waals surface area contributed by atoms with Gasteiger partial charge >= 0.3 is 12.1 Å². The van der Waals surface area contributed by atoms with Crippen molar-refractivity contribution in [1.82, 2.24) is 4.90 Å². The highest BCUT2D eigenvalue weighted by molar-refractivity contribution is 5.71. The van der Waals surface area contributed by atoms with Crippen molar-refractivity contribution in [2.75, 3.05) is 26.8 Å². The molecule has 1 heterocycles. The minimum absolute atomic E-state index is 0.127. The summed E-state index contributed by atoms with van der Waals surface area (Å²) in [5.41, 5.74) is 0.754. The molecule has 1 aromatic rings. The van der Waals surface area contributed by atoms with Crippen LogP contribution in [-0.2, 0) is 11.3 Å². The van der Waals surface area contributed by atoms with Gasteiger partial charge in [0.25, 0.3) is 0 Å². The Morgan fingerprint density at radius 1 is 1.31 bits per heavy atom. The lowest BCUT2D eigenvalue weighted by Gasteiger charge is -2.19. The third-order valence-electron chi connectivity index (χ3n) is 4.52. The number of unbranched alkanes of at least 4 members (excludes halogenated alkanes) is 1. The van der Waals surface area contributed by atoms with E-state index in [4.69, 9.17) is 14.6 Å². The van der Waals surface area contributed by atoms with Crippen molar-refractivity contribution < 1.29 is 32.5 Å². The van der Waals surface area contributed by atoms with E-state index in [1.54, 1.807) is 18.2 Å². The first-order valence-corrected chi connectivity index (χ1v) is 8.57. The lowest BCUT2D eigenvalue weighted by Crippen LogP contribution is -2.33. The predicted molar refractivity (Wildman–Crippen MR) is 89.3 cm³/mol. The first-order chi connectivity index (χ1) is 12.3. The van der Waals surface area contributed by atoms with Crippen LogP contribution in [0.1, 0.15) is 25.3 Å². The number of ether oxygens (including phenoxy) is 2. The van der Waals surface area contributed by atoms with E-state index in [0.717, 1.165) is 18.4 Å². The molecular formula is C18H24F3NO4. The van der Waals surface area contributed by atoms with Crippen molar-refractivity contribution in [2.24, 2.45) is 11.8 Å². The summed E-state index contributed by atoms with van der Waals surface area (Å²) in [6.07, 6.45) is -2.66. The van der Waals surface area contributed by atoms with E-state index in [2.05, 4.69) is 0 Å². The molecular weight excluding hydrogens is 351 g/mol. The first-order valence-electron chi connectivity index (χ1n) is 8.57. The van der Waals surface area contributed by atoms with Crippen molar-refractivity contribution in [3.05, 3.63) is 23.8 Å². The Morgan fingerprint density at radius 2 is 2.04 bits per heavy atom. The number of methoxy groups -OCH3 is 1. The molecule has 1 aliphatic rings. The quantitative estimate of drug-likeness (QED) is 0.704. The summed E-state index contributed by atoms with van der Waals surface area (Å²) >= 11 is 0. The van der Waals surface area contributed by atoms with Crippen LogP contribution in [0, 0.1) is 11.8 Å². The zero-order valence-corrected chi connectivity index (χ0v) is 14.9. The zero-order valence-electron chi connectivity index (χ0n) is 14.9. The molecule has 1 fully saturated rings. The molecule has 0 unspecified atom stereocenters. The summed E-state index contributed by atoms with van der Waals surface area (Å²) < 4.78 is 50.2. The van der Waals surface area contributed by atoms with Gasteiger partial charge in [0.2, 0.25) is 0 Å². The van der Waals surface area contributed by atoms with Crippen molar-refractivity contribution >= 4 is 5.97 Å². The second-order valence-corrected chi connectivity index (χ2v) is 6.47. The highest BCUT2D eigenvalue weighted by Crippen LogP contribution is 2.38. The van der Waals surface area contributed by atoms with Crippen LogP contribution in [0.2, 0.25) is 0 Å². The average molecular weight is 375 g/mol. The Morgan fingerprint density at radius 3 is 2.58 bits per heavy atom. The molecule has 26 heavy (non-hydrogen) atoms. The molecule has 1 N–H and O–H groups in total. The second kappa shape index (κ2) is 8.62. The van der Waals surface area contributed by atoms with E-state index in [9.17, 15) is 18.0 Å². The molecule has 1 aliphatic heterocycles. The van der Waals surface area contributed by atoms with Gasteiger partial charge in [-0.05, 0) is 24.1 Å². The average Bonchev–Trinajstić information content (AvgIpc) is 3.00. The number of carboxylic acids is 1. The van der Waals surface area contributed by atoms with E-state index in [1.165, 1.54) is 12.0 Å². The molecule has 1 aromatic carbocycles. The van der Waals surface area contributed by atoms with Gasteiger partial charge in [-0.1, -0.05) is 19.4 Å². The molecule has 0 bridgehead atoms. The van der Waals surface area contributed by atoms with Gasteiger partial charge in [0, 0.05) is 19.6 Å². The first kappa shape index (κ1) is 20.4. The van der Waals surface area contributed by atoms with Crippen molar-refractivity contribution in [3.8, 4) is 11.5 Å². The fourth-order valence-corrected chi connectivity index (χ4v) is 3.11. The van der Waals surface area contributed by atoms with Crippen LogP contribution in [0.5, 0.6) is 11.5 Å². The molecule has 0 saturated carbocycles. The largest absolute Gasteiger partial charge is 0.493 e. The zero-order chi connectivity index (χ0) is 19.3. The fourth-order valence-electron chi connectivity index (χ4n) is 3.11. The SMILES string of the molecule is CCCCOc1cc(CN2C[C@@H](C(F)(F)F)[C@H](C(=O)O)C2)ccc1OC. The fraction of sp³-hybridized carbons (Fsp3) is 0.611. The Hall–Kier alpha value is -1.96. The van der Waals surface area contributed by atoms with Gasteiger partial charge in [-0.25, -0.2) is 0 Å². The van der Waals surface area contributed by atoms with E-state index in [0.29, 0.717) is 18.1 Å². The monoisotopic (exact) mass is 375 g/mol. The molecule has 2 rings (SSSR count). The summed E-state index contributed by atoms with van der Waals surface area (Å²) in [4.78, 5) is 12.7. The normalized spacial score (nSPS) is 21.0.